The molecule has 0 aromatic heterocycles. The molecule has 2 aliphatic heterocycles. The van der Waals surface area contributed by atoms with Gasteiger partial charge in [-0.3, -0.25) is 19.3 Å². The van der Waals surface area contributed by atoms with Crippen molar-refractivity contribution in [3.05, 3.63) is 77.4 Å². The summed E-state index contributed by atoms with van der Waals surface area (Å²) in [5, 5.41) is 2.81. The zero-order valence-corrected chi connectivity index (χ0v) is 19.6. The molecular weight excluding hydrogens is 464 g/mol. The Labute approximate surface area is 207 Å². The molecule has 0 saturated heterocycles. The molecule has 0 fully saturated rings. The number of anilines is 1. The van der Waals surface area contributed by atoms with Crippen LogP contribution in [0.3, 0.4) is 0 Å². The molecule has 0 atom stereocenters. The fourth-order valence-corrected chi connectivity index (χ4v) is 3.87. The van der Waals surface area contributed by atoms with Crippen molar-refractivity contribution in [2.45, 2.75) is 13.5 Å². The van der Waals surface area contributed by atoms with Crippen LogP contribution in [-0.2, 0) is 16.1 Å². The second kappa shape index (κ2) is 9.99. The van der Waals surface area contributed by atoms with Gasteiger partial charge in [-0.05, 0) is 55.0 Å². The van der Waals surface area contributed by atoms with Gasteiger partial charge in [-0.25, -0.2) is 0 Å². The number of rotatable bonds is 8. The normalized spacial score (nSPS) is 13.6. The van der Waals surface area contributed by atoms with Gasteiger partial charge in [-0.1, -0.05) is 23.8 Å². The van der Waals surface area contributed by atoms with E-state index in [0.29, 0.717) is 34.2 Å². The van der Waals surface area contributed by atoms with E-state index < -0.39 is 0 Å². The molecule has 3 aromatic carbocycles. The summed E-state index contributed by atoms with van der Waals surface area (Å²) in [6.07, 6.45) is 0. The third-order valence-electron chi connectivity index (χ3n) is 5.84. The van der Waals surface area contributed by atoms with Crippen molar-refractivity contribution in [1.29, 1.82) is 0 Å². The Bertz CT molecular complexity index is 1320. The van der Waals surface area contributed by atoms with E-state index in [9.17, 15) is 14.4 Å². The van der Waals surface area contributed by atoms with Crippen molar-refractivity contribution in [1.82, 2.24) is 5.32 Å². The number of carbonyl (C=O) groups is 3. The van der Waals surface area contributed by atoms with Crippen LogP contribution in [0.1, 0.15) is 21.5 Å². The maximum atomic E-state index is 12.8. The Morgan fingerprint density at radius 3 is 2.56 bits per heavy atom. The van der Waals surface area contributed by atoms with Crippen LogP contribution in [0.15, 0.2) is 60.7 Å². The number of fused-ring (bicyclic) bond motifs is 2. The van der Waals surface area contributed by atoms with E-state index in [2.05, 4.69) is 5.32 Å². The Morgan fingerprint density at radius 2 is 1.72 bits per heavy atom. The number of aryl methyl sites for hydroxylation is 1. The molecule has 0 aliphatic carbocycles. The molecule has 3 aromatic rings. The number of amides is 2. The molecule has 0 unspecified atom stereocenters. The first-order valence-electron chi connectivity index (χ1n) is 11.4. The molecule has 36 heavy (non-hydrogen) atoms. The lowest BCUT2D eigenvalue weighted by molar-refractivity contribution is -0.125. The van der Waals surface area contributed by atoms with Crippen molar-refractivity contribution < 1.29 is 33.3 Å². The molecule has 2 heterocycles. The van der Waals surface area contributed by atoms with Crippen molar-refractivity contribution in [3.8, 4) is 23.0 Å². The third-order valence-corrected chi connectivity index (χ3v) is 5.84. The first-order chi connectivity index (χ1) is 17.5. The summed E-state index contributed by atoms with van der Waals surface area (Å²) in [5.41, 5.74) is 2.64. The second-order valence-electron chi connectivity index (χ2n) is 8.44. The summed E-state index contributed by atoms with van der Waals surface area (Å²) >= 11 is 0. The molecule has 9 heteroatoms. The van der Waals surface area contributed by atoms with Crippen LogP contribution in [-0.4, -0.2) is 44.1 Å². The lowest BCUT2D eigenvalue weighted by atomic mass is 10.1. The molecule has 5 rings (SSSR count). The van der Waals surface area contributed by atoms with Crippen LogP contribution in [0.25, 0.3) is 0 Å². The number of nitrogens with zero attached hydrogens (tertiary/aromatic N) is 1. The molecule has 9 nitrogen and oxygen atoms in total. The SMILES string of the molecule is Cc1ccc(OCC(=O)c2ccc3c(c2)N(CC(=O)NCc2ccc4c(c2)OCO4)C(=O)CO3)cc1. The molecule has 0 bridgehead atoms. The summed E-state index contributed by atoms with van der Waals surface area (Å²) < 4.78 is 21.8. The minimum Gasteiger partial charge on any atom is -0.485 e. The highest BCUT2D eigenvalue weighted by Gasteiger charge is 2.28. The molecule has 184 valence electrons. The number of benzene rings is 3. The van der Waals surface area contributed by atoms with Crippen LogP contribution in [0.5, 0.6) is 23.0 Å². The molecule has 0 spiro atoms. The predicted octanol–water partition coefficient (Wildman–Crippen LogP) is 3.03. The van der Waals surface area contributed by atoms with Gasteiger partial charge >= 0.3 is 0 Å². The maximum Gasteiger partial charge on any atom is 0.265 e. The van der Waals surface area contributed by atoms with Gasteiger partial charge < -0.3 is 24.3 Å². The highest BCUT2D eigenvalue weighted by molar-refractivity contribution is 6.04. The van der Waals surface area contributed by atoms with E-state index in [1.165, 1.54) is 4.90 Å². The van der Waals surface area contributed by atoms with Crippen LogP contribution in [0, 0.1) is 6.92 Å². The van der Waals surface area contributed by atoms with E-state index >= 15 is 0 Å². The fourth-order valence-electron chi connectivity index (χ4n) is 3.87. The lowest BCUT2D eigenvalue weighted by Crippen LogP contribution is -2.45. The van der Waals surface area contributed by atoms with Gasteiger partial charge in [0.05, 0.1) is 5.69 Å². The topological polar surface area (TPSA) is 103 Å². The largest absolute Gasteiger partial charge is 0.485 e. The number of nitrogens with one attached hydrogen (secondary N) is 1. The Morgan fingerprint density at radius 1 is 0.944 bits per heavy atom. The Hall–Kier alpha value is -4.53. The highest BCUT2D eigenvalue weighted by Crippen LogP contribution is 2.34. The van der Waals surface area contributed by atoms with Gasteiger partial charge in [-0.15, -0.1) is 0 Å². The summed E-state index contributed by atoms with van der Waals surface area (Å²) in [6, 6.07) is 17.6. The predicted molar refractivity (Wildman–Crippen MR) is 130 cm³/mol. The average Bonchev–Trinajstić information content (AvgIpc) is 3.36. The second-order valence-corrected chi connectivity index (χ2v) is 8.44. The minimum atomic E-state index is -0.374. The van der Waals surface area contributed by atoms with E-state index in [1.54, 1.807) is 42.5 Å². The smallest absolute Gasteiger partial charge is 0.265 e. The maximum absolute atomic E-state index is 12.8. The van der Waals surface area contributed by atoms with Crippen LogP contribution in [0.2, 0.25) is 0 Å². The van der Waals surface area contributed by atoms with Gasteiger partial charge in [0.2, 0.25) is 12.7 Å². The molecular formula is C27H24N2O7. The number of carbonyl (C=O) groups excluding carboxylic acids is 3. The number of ketones is 1. The first-order valence-corrected chi connectivity index (χ1v) is 11.4. The van der Waals surface area contributed by atoms with Gasteiger partial charge in [-0.2, -0.15) is 0 Å². The van der Waals surface area contributed by atoms with Gasteiger partial charge in [0.15, 0.2) is 30.5 Å². The monoisotopic (exact) mass is 488 g/mol. The Balaban J connectivity index is 1.24. The van der Waals surface area contributed by atoms with Crippen LogP contribution >= 0.6 is 0 Å². The zero-order valence-electron chi connectivity index (χ0n) is 19.6. The summed E-state index contributed by atoms with van der Waals surface area (Å²) in [5.74, 6) is 1.32. The molecule has 0 saturated carbocycles. The molecule has 1 N–H and O–H groups in total. The number of Topliss-reactive ketones (excluding diaryl/α,β-unsaturated/α-hetero) is 1. The first kappa shape index (κ1) is 23.2. The lowest BCUT2D eigenvalue weighted by Gasteiger charge is -2.29. The van der Waals surface area contributed by atoms with Crippen molar-refractivity contribution >= 4 is 23.3 Å². The number of ether oxygens (including phenoxy) is 4. The quantitative estimate of drug-likeness (QED) is 0.486. The number of hydrogen-bond acceptors (Lipinski definition) is 7. The van der Waals surface area contributed by atoms with E-state index in [-0.39, 0.29) is 50.7 Å². The summed E-state index contributed by atoms with van der Waals surface area (Å²) in [7, 11) is 0. The van der Waals surface area contributed by atoms with E-state index in [4.69, 9.17) is 18.9 Å². The van der Waals surface area contributed by atoms with Crippen molar-refractivity contribution in [2.24, 2.45) is 0 Å². The molecule has 2 amide bonds. The van der Waals surface area contributed by atoms with Gasteiger partial charge in [0, 0.05) is 12.1 Å². The third kappa shape index (κ3) is 5.10. The zero-order chi connectivity index (χ0) is 25.1. The highest BCUT2D eigenvalue weighted by atomic mass is 16.7. The minimum absolute atomic E-state index is 0.160. The Kier molecular flexibility index (Phi) is 6.44. The van der Waals surface area contributed by atoms with Crippen molar-refractivity contribution in [2.75, 3.05) is 31.5 Å². The summed E-state index contributed by atoms with van der Waals surface area (Å²) in [4.78, 5) is 39.4. The average molecular weight is 488 g/mol. The summed E-state index contributed by atoms with van der Waals surface area (Å²) in [6.45, 7) is 1.84. The van der Waals surface area contributed by atoms with Crippen LogP contribution in [0.4, 0.5) is 5.69 Å². The van der Waals surface area contributed by atoms with Gasteiger partial charge in [0.25, 0.3) is 5.91 Å². The van der Waals surface area contributed by atoms with E-state index in [1.807, 2.05) is 25.1 Å². The standard InChI is InChI=1S/C27H24N2O7/c1-17-2-6-20(7-3-17)33-14-22(30)19-5-9-23-21(11-19)29(27(32)15-34-23)13-26(31)28-12-18-4-8-24-25(10-18)36-16-35-24/h2-11H,12-16H2,1H3,(H,28,31). The number of hydrogen-bond donors (Lipinski definition) is 1. The van der Waals surface area contributed by atoms with E-state index in [0.717, 1.165) is 11.1 Å². The van der Waals surface area contributed by atoms with Gasteiger partial charge in [0.1, 0.15) is 18.0 Å². The fraction of sp³-hybridized carbons (Fsp3) is 0.222. The molecule has 0 radical (unpaired) electrons. The molecule has 2 aliphatic rings. The van der Waals surface area contributed by atoms with Crippen molar-refractivity contribution in [3.63, 3.8) is 0 Å². The van der Waals surface area contributed by atoms with Crippen LogP contribution < -0.4 is 29.2 Å².